The summed E-state index contributed by atoms with van der Waals surface area (Å²) in [5, 5.41) is 0. The van der Waals surface area contributed by atoms with Gasteiger partial charge in [0.1, 0.15) is 0 Å². The van der Waals surface area contributed by atoms with Gasteiger partial charge in [-0.15, -0.1) is 0 Å². The van der Waals surface area contributed by atoms with Gasteiger partial charge in [-0.3, -0.25) is 0 Å². The van der Waals surface area contributed by atoms with Gasteiger partial charge in [0.05, 0.1) is 17.1 Å². The summed E-state index contributed by atoms with van der Waals surface area (Å²) in [6.07, 6.45) is 4.78. The zero-order valence-electron chi connectivity index (χ0n) is 13.6. The quantitative estimate of drug-likeness (QED) is 0.569. The zero-order chi connectivity index (χ0) is 16.8. The summed E-state index contributed by atoms with van der Waals surface area (Å²) in [6.45, 7) is 6.32. The first-order valence-corrected chi connectivity index (χ1v) is 9.32. The maximum atomic E-state index is 12.1. The standard InChI is InChI=1S/C17H24O4S/c1-5-21-17(18)16(8-6-7-13(2)3)14-9-11-15(12-10-14)22(4,19)20/h8-13H,5-7H2,1-4H3/b16-8+. The molecule has 0 aliphatic rings. The summed E-state index contributed by atoms with van der Waals surface area (Å²) in [5.41, 5.74) is 1.16. The highest BCUT2D eigenvalue weighted by molar-refractivity contribution is 7.90. The van der Waals surface area contributed by atoms with E-state index in [0.717, 1.165) is 19.1 Å². The monoisotopic (exact) mass is 324 g/mol. The van der Waals surface area contributed by atoms with Crippen LogP contribution >= 0.6 is 0 Å². The normalized spacial score (nSPS) is 12.5. The third-order valence-electron chi connectivity index (χ3n) is 3.18. The van der Waals surface area contributed by atoms with Crippen molar-refractivity contribution in [1.29, 1.82) is 0 Å². The fourth-order valence-electron chi connectivity index (χ4n) is 1.97. The van der Waals surface area contributed by atoms with E-state index in [4.69, 9.17) is 4.74 Å². The first kappa shape index (κ1) is 18.4. The van der Waals surface area contributed by atoms with E-state index in [9.17, 15) is 13.2 Å². The lowest BCUT2D eigenvalue weighted by Crippen LogP contribution is -2.07. The molecule has 1 aromatic rings. The van der Waals surface area contributed by atoms with Crippen molar-refractivity contribution in [1.82, 2.24) is 0 Å². The summed E-state index contributed by atoms with van der Waals surface area (Å²) < 4.78 is 28.1. The fourth-order valence-corrected chi connectivity index (χ4v) is 2.60. The Bertz CT molecular complexity index is 625. The molecule has 0 radical (unpaired) electrons. The zero-order valence-corrected chi connectivity index (χ0v) is 14.4. The van der Waals surface area contributed by atoms with Crippen LogP contribution in [0.1, 0.15) is 39.2 Å². The van der Waals surface area contributed by atoms with Crippen molar-refractivity contribution in [3.63, 3.8) is 0 Å². The van der Waals surface area contributed by atoms with Crippen LogP contribution < -0.4 is 0 Å². The van der Waals surface area contributed by atoms with Crippen LogP contribution in [0.5, 0.6) is 0 Å². The number of hydrogen-bond donors (Lipinski definition) is 0. The van der Waals surface area contributed by atoms with E-state index in [-0.39, 0.29) is 10.9 Å². The van der Waals surface area contributed by atoms with Crippen LogP contribution in [-0.4, -0.2) is 27.2 Å². The van der Waals surface area contributed by atoms with E-state index in [2.05, 4.69) is 13.8 Å². The van der Waals surface area contributed by atoms with Gasteiger partial charge in [0, 0.05) is 6.26 Å². The summed E-state index contributed by atoms with van der Waals surface area (Å²) >= 11 is 0. The highest BCUT2D eigenvalue weighted by Crippen LogP contribution is 2.21. The number of allylic oxidation sites excluding steroid dienone is 1. The van der Waals surface area contributed by atoms with Gasteiger partial charge in [-0.1, -0.05) is 32.1 Å². The Hall–Kier alpha value is -1.62. The maximum absolute atomic E-state index is 12.1. The van der Waals surface area contributed by atoms with Crippen LogP contribution in [-0.2, 0) is 19.4 Å². The predicted octanol–water partition coefficient (Wildman–Crippen LogP) is 3.47. The van der Waals surface area contributed by atoms with Gasteiger partial charge in [0.2, 0.25) is 0 Å². The Morgan fingerprint density at radius 2 is 1.82 bits per heavy atom. The number of carbonyl (C=O) groups excluding carboxylic acids is 1. The van der Waals surface area contributed by atoms with Crippen LogP contribution in [0, 0.1) is 5.92 Å². The van der Waals surface area contributed by atoms with Crippen molar-refractivity contribution in [3.8, 4) is 0 Å². The molecule has 0 unspecified atom stereocenters. The highest BCUT2D eigenvalue weighted by atomic mass is 32.2. The van der Waals surface area contributed by atoms with Crippen molar-refractivity contribution >= 4 is 21.4 Å². The Balaban J connectivity index is 3.07. The molecule has 0 bridgehead atoms. The second kappa shape index (κ2) is 8.13. The molecule has 0 atom stereocenters. The average Bonchev–Trinajstić information content (AvgIpc) is 2.43. The number of carbonyl (C=O) groups is 1. The Labute approximate surface area is 133 Å². The first-order valence-electron chi connectivity index (χ1n) is 7.43. The van der Waals surface area contributed by atoms with Gasteiger partial charge in [-0.25, -0.2) is 13.2 Å². The van der Waals surface area contributed by atoms with Gasteiger partial charge < -0.3 is 4.74 Å². The van der Waals surface area contributed by atoms with Crippen molar-refractivity contribution in [2.24, 2.45) is 5.92 Å². The molecule has 122 valence electrons. The van der Waals surface area contributed by atoms with E-state index in [0.29, 0.717) is 23.7 Å². The van der Waals surface area contributed by atoms with Crippen LogP contribution in [0.3, 0.4) is 0 Å². The number of esters is 1. The molecule has 4 nitrogen and oxygen atoms in total. The molecule has 0 fully saturated rings. The molecule has 0 N–H and O–H groups in total. The molecule has 1 rings (SSSR count). The second-order valence-electron chi connectivity index (χ2n) is 5.61. The first-order chi connectivity index (χ1) is 10.3. The van der Waals surface area contributed by atoms with Crippen molar-refractivity contribution < 1.29 is 17.9 Å². The number of benzene rings is 1. The average molecular weight is 324 g/mol. The molecule has 0 aliphatic heterocycles. The van der Waals surface area contributed by atoms with Crippen LogP contribution in [0.25, 0.3) is 5.57 Å². The summed E-state index contributed by atoms with van der Waals surface area (Å²) in [6, 6.07) is 6.32. The lowest BCUT2D eigenvalue weighted by atomic mass is 10.0. The van der Waals surface area contributed by atoms with E-state index in [1.807, 2.05) is 6.08 Å². The van der Waals surface area contributed by atoms with E-state index >= 15 is 0 Å². The van der Waals surface area contributed by atoms with E-state index in [1.165, 1.54) is 12.1 Å². The molecule has 22 heavy (non-hydrogen) atoms. The van der Waals surface area contributed by atoms with Gasteiger partial charge in [-0.05, 0) is 43.4 Å². The minimum atomic E-state index is -3.24. The highest BCUT2D eigenvalue weighted by Gasteiger charge is 2.14. The number of sulfone groups is 1. The number of ether oxygens (including phenoxy) is 1. The molecule has 0 spiro atoms. The molecule has 1 aromatic carbocycles. The molecular formula is C17H24O4S. The summed E-state index contributed by atoms with van der Waals surface area (Å²) in [5.74, 6) is 0.172. The molecule has 0 amide bonds. The van der Waals surface area contributed by atoms with E-state index < -0.39 is 9.84 Å². The van der Waals surface area contributed by atoms with Gasteiger partial charge in [0.15, 0.2) is 9.84 Å². The third kappa shape index (κ3) is 5.64. The van der Waals surface area contributed by atoms with Crippen LogP contribution in [0.4, 0.5) is 0 Å². The summed E-state index contributed by atoms with van der Waals surface area (Å²) in [4.78, 5) is 12.3. The van der Waals surface area contributed by atoms with Crippen LogP contribution in [0.2, 0.25) is 0 Å². The lowest BCUT2D eigenvalue weighted by molar-refractivity contribution is -0.136. The smallest absolute Gasteiger partial charge is 0.338 e. The predicted molar refractivity (Wildman–Crippen MR) is 88.2 cm³/mol. The summed E-state index contributed by atoms with van der Waals surface area (Å²) in [7, 11) is -3.24. The van der Waals surface area contributed by atoms with Gasteiger partial charge >= 0.3 is 5.97 Å². The number of rotatable bonds is 7. The van der Waals surface area contributed by atoms with Crippen LogP contribution in [0.15, 0.2) is 35.2 Å². The third-order valence-corrected chi connectivity index (χ3v) is 4.31. The SMILES string of the molecule is CCOC(=O)/C(=C/CCC(C)C)c1ccc(S(C)(=O)=O)cc1. The Kier molecular flexibility index (Phi) is 6.81. The molecule has 0 aliphatic carbocycles. The maximum Gasteiger partial charge on any atom is 0.338 e. The van der Waals surface area contributed by atoms with Crippen molar-refractivity contribution in [2.75, 3.05) is 12.9 Å². The van der Waals surface area contributed by atoms with Crippen molar-refractivity contribution in [3.05, 3.63) is 35.9 Å². The van der Waals surface area contributed by atoms with E-state index in [1.54, 1.807) is 19.1 Å². The largest absolute Gasteiger partial charge is 0.462 e. The molecule has 0 saturated heterocycles. The topological polar surface area (TPSA) is 60.4 Å². The Morgan fingerprint density at radius 3 is 2.27 bits per heavy atom. The minimum Gasteiger partial charge on any atom is -0.462 e. The minimum absolute atomic E-state index is 0.238. The fraction of sp³-hybridized carbons (Fsp3) is 0.471. The Morgan fingerprint density at radius 1 is 1.23 bits per heavy atom. The van der Waals surface area contributed by atoms with Crippen molar-refractivity contribution in [2.45, 2.75) is 38.5 Å². The molecule has 0 saturated carbocycles. The molecular weight excluding hydrogens is 300 g/mol. The second-order valence-corrected chi connectivity index (χ2v) is 7.62. The lowest BCUT2D eigenvalue weighted by Gasteiger charge is -2.09. The van der Waals surface area contributed by atoms with Gasteiger partial charge in [-0.2, -0.15) is 0 Å². The molecule has 0 heterocycles. The number of hydrogen-bond acceptors (Lipinski definition) is 4. The molecule has 0 aromatic heterocycles. The van der Waals surface area contributed by atoms with Gasteiger partial charge in [0.25, 0.3) is 0 Å². The molecule has 5 heteroatoms.